The molecule has 6 nitrogen and oxygen atoms in total. The molecule has 0 fully saturated rings. The van der Waals surface area contributed by atoms with E-state index in [-0.39, 0.29) is 11.2 Å². The van der Waals surface area contributed by atoms with Crippen molar-refractivity contribution < 1.29 is 4.74 Å². The lowest BCUT2D eigenvalue weighted by Gasteiger charge is -2.10. The molecule has 1 rings (SSSR count). The minimum absolute atomic E-state index is 0.290. The molecule has 1 aromatic heterocycles. The lowest BCUT2D eigenvalue weighted by molar-refractivity contribution is 0.140. The number of ether oxygens (including phenoxy) is 1. The summed E-state index contributed by atoms with van der Waals surface area (Å²) in [5, 5.41) is 3.13. The van der Waals surface area contributed by atoms with Gasteiger partial charge in [0.05, 0.1) is 13.2 Å². The third-order valence-electron chi connectivity index (χ3n) is 2.82. The maximum absolute atomic E-state index is 11.7. The monoisotopic (exact) mass is 267 g/mol. The van der Waals surface area contributed by atoms with Crippen LogP contribution in [0.4, 0.5) is 0 Å². The second kappa shape index (κ2) is 7.70. The molecular weight excluding hydrogens is 246 g/mol. The minimum Gasteiger partial charge on any atom is -0.380 e. The molecule has 0 aliphatic rings. The zero-order chi connectivity index (χ0) is 14.3. The van der Waals surface area contributed by atoms with Crippen molar-refractivity contribution in [2.45, 2.75) is 13.0 Å². The maximum Gasteiger partial charge on any atom is 0.330 e. The molecule has 0 saturated heterocycles. The highest BCUT2D eigenvalue weighted by molar-refractivity contribution is 5.01. The molecular formula is C13H21N3O3. The topological polar surface area (TPSA) is 65.3 Å². The van der Waals surface area contributed by atoms with Crippen LogP contribution < -0.4 is 16.6 Å². The number of hydrogen-bond acceptors (Lipinski definition) is 4. The molecule has 0 aromatic carbocycles. The molecule has 0 spiro atoms. The van der Waals surface area contributed by atoms with Gasteiger partial charge in [0.15, 0.2) is 0 Å². The normalized spacial score (nSPS) is 10.6. The van der Waals surface area contributed by atoms with Crippen LogP contribution in [0, 0.1) is 0 Å². The van der Waals surface area contributed by atoms with Gasteiger partial charge in [-0.05, 0) is 6.42 Å². The highest BCUT2D eigenvalue weighted by Gasteiger charge is 2.04. The third-order valence-corrected chi connectivity index (χ3v) is 2.82. The van der Waals surface area contributed by atoms with E-state index < -0.39 is 0 Å². The Morgan fingerprint density at radius 2 is 2.05 bits per heavy atom. The maximum atomic E-state index is 11.7. The van der Waals surface area contributed by atoms with Crippen molar-refractivity contribution in [1.82, 2.24) is 14.5 Å². The van der Waals surface area contributed by atoms with Crippen LogP contribution in [-0.2, 0) is 25.4 Å². The first-order valence-corrected chi connectivity index (χ1v) is 6.23. The molecule has 0 saturated carbocycles. The highest BCUT2D eigenvalue weighted by Crippen LogP contribution is 1.89. The van der Waals surface area contributed by atoms with Gasteiger partial charge in [0, 0.05) is 38.9 Å². The Balaban J connectivity index is 2.44. The summed E-state index contributed by atoms with van der Waals surface area (Å²) in [5.74, 6) is 0. The fraction of sp³-hybridized carbons (Fsp3) is 0.538. The van der Waals surface area contributed by atoms with Crippen LogP contribution in [0.25, 0.3) is 0 Å². The van der Waals surface area contributed by atoms with Crippen LogP contribution in [0.3, 0.4) is 0 Å². The summed E-state index contributed by atoms with van der Waals surface area (Å²) in [5.41, 5.74) is 0.0628. The summed E-state index contributed by atoms with van der Waals surface area (Å²) in [6.07, 6.45) is 2.65. The van der Waals surface area contributed by atoms with Crippen molar-refractivity contribution in [2.24, 2.45) is 14.1 Å². The van der Waals surface area contributed by atoms with Crippen LogP contribution in [0.15, 0.2) is 28.3 Å². The van der Waals surface area contributed by atoms with Gasteiger partial charge in [-0.2, -0.15) is 0 Å². The van der Waals surface area contributed by atoms with Gasteiger partial charge in [-0.3, -0.25) is 13.9 Å². The molecule has 0 amide bonds. The van der Waals surface area contributed by atoms with E-state index >= 15 is 0 Å². The zero-order valence-electron chi connectivity index (χ0n) is 11.5. The third kappa shape index (κ3) is 4.50. The van der Waals surface area contributed by atoms with E-state index in [2.05, 4.69) is 11.9 Å². The standard InChI is InChI=1S/C13H21N3O3/c1-4-5-7-19-8-6-14-10-11-9-12(17)16(3)13(18)15(11)2/h4,9,14H,1,5-8,10H2,2-3H3. The van der Waals surface area contributed by atoms with E-state index in [1.807, 2.05) is 6.08 Å². The first kappa shape index (κ1) is 15.4. The van der Waals surface area contributed by atoms with E-state index in [0.717, 1.165) is 11.0 Å². The summed E-state index contributed by atoms with van der Waals surface area (Å²) >= 11 is 0. The molecule has 1 N–H and O–H groups in total. The second-order valence-electron chi connectivity index (χ2n) is 4.24. The first-order chi connectivity index (χ1) is 9.07. The Bertz CT molecular complexity index is 531. The molecule has 0 unspecified atom stereocenters. The van der Waals surface area contributed by atoms with Gasteiger partial charge >= 0.3 is 5.69 Å². The molecule has 0 aliphatic heterocycles. The summed E-state index contributed by atoms with van der Waals surface area (Å²) in [7, 11) is 3.12. The lowest BCUT2D eigenvalue weighted by Crippen LogP contribution is -2.39. The van der Waals surface area contributed by atoms with Gasteiger partial charge in [0.2, 0.25) is 0 Å². The molecule has 0 aliphatic carbocycles. The largest absolute Gasteiger partial charge is 0.380 e. The van der Waals surface area contributed by atoms with Crippen molar-refractivity contribution in [3.8, 4) is 0 Å². The van der Waals surface area contributed by atoms with Crippen LogP contribution in [-0.4, -0.2) is 28.9 Å². The number of aromatic nitrogens is 2. The zero-order valence-corrected chi connectivity index (χ0v) is 11.5. The van der Waals surface area contributed by atoms with Gasteiger partial charge in [-0.15, -0.1) is 6.58 Å². The highest BCUT2D eigenvalue weighted by atomic mass is 16.5. The average Bonchev–Trinajstić information content (AvgIpc) is 2.41. The van der Waals surface area contributed by atoms with E-state index in [9.17, 15) is 9.59 Å². The van der Waals surface area contributed by atoms with Crippen molar-refractivity contribution in [3.05, 3.63) is 45.3 Å². The van der Waals surface area contributed by atoms with Gasteiger partial charge in [-0.25, -0.2) is 4.79 Å². The number of rotatable bonds is 8. The Hall–Kier alpha value is -1.66. The van der Waals surface area contributed by atoms with Crippen LogP contribution in [0.5, 0.6) is 0 Å². The van der Waals surface area contributed by atoms with Crippen LogP contribution in [0.2, 0.25) is 0 Å². The molecule has 106 valence electrons. The van der Waals surface area contributed by atoms with E-state index in [1.54, 1.807) is 7.05 Å². The summed E-state index contributed by atoms with van der Waals surface area (Å²) in [6.45, 7) is 5.99. The SMILES string of the molecule is C=CCCOCCNCc1cc(=O)n(C)c(=O)n1C. The number of nitrogens with zero attached hydrogens (tertiary/aromatic N) is 2. The Labute approximate surface area is 112 Å². The molecule has 1 heterocycles. The summed E-state index contributed by atoms with van der Waals surface area (Å²) in [4.78, 5) is 23.2. The van der Waals surface area contributed by atoms with E-state index in [0.29, 0.717) is 32.0 Å². The first-order valence-electron chi connectivity index (χ1n) is 6.23. The number of hydrogen-bond donors (Lipinski definition) is 1. The van der Waals surface area contributed by atoms with Crippen molar-refractivity contribution >= 4 is 0 Å². The molecule has 1 aromatic rings. The van der Waals surface area contributed by atoms with Crippen LogP contribution >= 0.6 is 0 Å². The fourth-order valence-corrected chi connectivity index (χ4v) is 1.58. The Morgan fingerprint density at radius 1 is 1.32 bits per heavy atom. The van der Waals surface area contributed by atoms with Gasteiger partial charge in [-0.1, -0.05) is 6.08 Å². The van der Waals surface area contributed by atoms with E-state index in [1.165, 1.54) is 17.7 Å². The average molecular weight is 267 g/mol. The second-order valence-corrected chi connectivity index (χ2v) is 4.24. The molecule has 0 radical (unpaired) electrons. The van der Waals surface area contributed by atoms with Crippen molar-refractivity contribution in [2.75, 3.05) is 19.8 Å². The van der Waals surface area contributed by atoms with Crippen molar-refractivity contribution in [3.63, 3.8) is 0 Å². The predicted molar refractivity (Wildman–Crippen MR) is 74.3 cm³/mol. The van der Waals surface area contributed by atoms with Crippen LogP contribution in [0.1, 0.15) is 12.1 Å². The van der Waals surface area contributed by atoms with Gasteiger partial charge in [0.1, 0.15) is 0 Å². The summed E-state index contributed by atoms with van der Waals surface area (Å²) < 4.78 is 7.89. The Morgan fingerprint density at radius 3 is 2.74 bits per heavy atom. The molecule has 6 heteroatoms. The minimum atomic E-state index is -0.313. The molecule has 19 heavy (non-hydrogen) atoms. The molecule has 0 atom stereocenters. The smallest absolute Gasteiger partial charge is 0.330 e. The van der Waals surface area contributed by atoms with Gasteiger partial charge in [0.25, 0.3) is 5.56 Å². The summed E-state index contributed by atoms with van der Waals surface area (Å²) in [6, 6.07) is 1.47. The predicted octanol–water partition coefficient (Wildman–Crippen LogP) is -0.234. The van der Waals surface area contributed by atoms with Gasteiger partial charge < -0.3 is 10.1 Å². The number of nitrogens with one attached hydrogen (secondary N) is 1. The Kier molecular flexibility index (Phi) is 6.24. The lowest BCUT2D eigenvalue weighted by atomic mass is 10.4. The quantitative estimate of drug-likeness (QED) is 0.522. The molecule has 0 bridgehead atoms. The van der Waals surface area contributed by atoms with Crippen molar-refractivity contribution in [1.29, 1.82) is 0 Å². The van der Waals surface area contributed by atoms with E-state index in [4.69, 9.17) is 4.74 Å². The fourth-order valence-electron chi connectivity index (χ4n) is 1.58.